The molecule has 0 spiro atoms. The standard InChI is InChI=1S/C9H16O3S/c1-6(2)3-7(4-8(10)11)5-9(12)13/h6-7H,3-5H2,1-2H3,(H,10,11)(H,12,13). The number of rotatable bonds is 6. The smallest absolute Gasteiger partial charge is 0.303 e. The van der Waals surface area contributed by atoms with Crippen LogP contribution >= 0.6 is 12.6 Å². The van der Waals surface area contributed by atoms with Crippen LogP contribution in [0.3, 0.4) is 0 Å². The molecule has 0 amide bonds. The first-order chi connectivity index (χ1) is 5.91. The van der Waals surface area contributed by atoms with Crippen LogP contribution in [0.1, 0.15) is 33.1 Å². The molecule has 0 aliphatic carbocycles. The molecule has 3 nitrogen and oxygen atoms in total. The van der Waals surface area contributed by atoms with Crippen molar-refractivity contribution < 1.29 is 14.7 Å². The topological polar surface area (TPSA) is 54.4 Å². The maximum absolute atomic E-state index is 10.7. The largest absolute Gasteiger partial charge is 0.481 e. The molecule has 0 bridgehead atoms. The Balaban J connectivity index is 4.02. The molecule has 0 heterocycles. The van der Waals surface area contributed by atoms with E-state index in [-0.39, 0.29) is 23.9 Å². The van der Waals surface area contributed by atoms with Crippen LogP contribution in [0.15, 0.2) is 0 Å². The average Bonchev–Trinajstić information content (AvgIpc) is 1.80. The molecule has 1 unspecified atom stereocenters. The third kappa shape index (κ3) is 7.84. The van der Waals surface area contributed by atoms with Gasteiger partial charge in [-0.3, -0.25) is 9.59 Å². The third-order valence-corrected chi connectivity index (χ3v) is 1.91. The van der Waals surface area contributed by atoms with Crippen LogP contribution in [0.25, 0.3) is 0 Å². The van der Waals surface area contributed by atoms with Crippen molar-refractivity contribution in [1.29, 1.82) is 0 Å². The van der Waals surface area contributed by atoms with Crippen LogP contribution in [-0.4, -0.2) is 16.2 Å². The van der Waals surface area contributed by atoms with Gasteiger partial charge in [0.1, 0.15) is 0 Å². The Bertz CT molecular complexity index is 173. The molecule has 4 heteroatoms. The lowest BCUT2D eigenvalue weighted by Gasteiger charge is -2.14. The van der Waals surface area contributed by atoms with Gasteiger partial charge in [0.05, 0.1) is 0 Å². The van der Waals surface area contributed by atoms with Crippen LogP contribution in [0.2, 0.25) is 0 Å². The summed E-state index contributed by atoms with van der Waals surface area (Å²) in [7, 11) is 0. The summed E-state index contributed by atoms with van der Waals surface area (Å²) in [5.74, 6) is -0.500. The zero-order chi connectivity index (χ0) is 10.4. The number of aliphatic carboxylic acids is 1. The number of carboxylic acid groups (broad SMARTS) is 1. The predicted molar refractivity (Wildman–Crippen MR) is 53.8 cm³/mol. The summed E-state index contributed by atoms with van der Waals surface area (Å²) >= 11 is 3.65. The fourth-order valence-corrected chi connectivity index (χ4v) is 1.66. The summed E-state index contributed by atoms with van der Waals surface area (Å²) in [5.41, 5.74) is 0. The molecular formula is C9H16O3S. The molecule has 0 aromatic rings. The second kappa shape index (κ2) is 6.02. The molecule has 76 valence electrons. The first-order valence-electron chi connectivity index (χ1n) is 4.35. The molecule has 13 heavy (non-hydrogen) atoms. The molecule has 0 aliphatic heterocycles. The van der Waals surface area contributed by atoms with Gasteiger partial charge >= 0.3 is 5.97 Å². The van der Waals surface area contributed by atoms with E-state index in [4.69, 9.17) is 5.11 Å². The lowest BCUT2D eigenvalue weighted by Crippen LogP contribution is -2.12. The second-order valence-corrected chi connectivity index (χ2v) is 4.19. The average molecular weight is 204 g/mol. The maximum Gasteiger partial charge on any atom is 0.303 e. The van der Waals surface area contributed by atoms with E-state index in [9.17, 15) is 9.59 Å². The van der Waals surface area contributed by atoms with Gasteiger partial charge < -0.3 is 5.11 Å². The Labute approximate surface area is 83.9 Å². The summed E-state index contributed by atoms with van der Waals surface area (Å²) in [6.07, 6.45) is 1.08. The van der Waals surface area contributed by atoms with Gasteiger partial charge in [0.25, 0.3) is 0 Å². The molecule has 0 saturated heterocycles. The minimum absolute atomic E-state index is 0.0600. The molecular weight excluding hydrogens is 188 g/mol. The van der Waals surface area contributed by atoms with E-state index in [1.807, 2.05) is 13.8 Å². The number of hydrogen-bond acceptors (Lipinski definition) is 2. The van der Waals surface area contributed by atoms with Crippen molar-refractivity contribution in [3.05, 3.63) is 0 Å². The fourth-order valence-electron chi connectivity index (χ4n) is 1.40. The van der Waals surface area contributed by atoms with E-state index >= 15 is 0 Å². The quantitative estimate of drug-likeness (QED) is 0.650. The van der Waals surface area contributed by atoms with E-state index in [0.717, 1.165) is 6.42 Å². The summed E-state index contributed by atoms with van der Waals surface area (Å²) in [6, 6.07) is 0. The second-order valence-electron chi connectivity index (χ2n) is 3.69. The number of hydrogen-bond donors (Lipinski definition) is 2. The summed E-state index contributed by atoms with van der Waals surface area (Å²) in [4.78, 5) is 21.1. The van der Waals surface area contributed by atoms with Gasteiger partial charge in [-0.2, -0.15) is 0 Å². The van der Waals surface area contributed by atoms with Crippen LogP contribution < -0.4 is 0 Å². The summed E-state index contributed by atoms with van der Waals surface area (Å²) in [6.45, 7) is 4.02. The highest BCUT2D eigenvalue weighted by molar-refractivity contribution is 7.96. The highest BCUT2D eigenvalue weighted by Gasteiger charge is 2.16. The Morgan fingerprint density at radius 2 is 1.85 bits per heavy atom. The zero-order valence-corrected chi connectivity index (χ0v) is 8.88. The highest BCUT2D eigenvalue weighted by Crippen LogP contribution is 2.20. The normalized spacial score (nSPS) is 12.9. The van der Waals surface area contributed by atoms with Crippen LogP contribution in [-0.2, 0) is 9.59 Å². The minimum atomic E-state index is -0.847. The maximum atomic E-state index is 10.7. The molecule has 0 saturated carbocycles. The molecule has 0 aliphatic rings. The lowest BCUT2D eigenvalue weighted by atomic mass is 9.92. The van der Waals surface area contributed by atoms with E-state index in [1.54, 1.807) is 0 Å². The van der Waals surface area contributed by atoms with Crippen molar-refractivity contribution >= 4 is 23.7 Å². The molecule has 1 atom stereocenters. The summed E-state index contributed by atoms with van der Waals surface area (Å²) in [5, 5.41) is 8.34. The van der Waals surface area contributed by atoms with Gasteiger partial charge in [0.15, 0.2) is 5.12 Å². The van der Waals surface area contributed by atoms with Gasteiger partial charge in [0, 0.05) is 12.8 Å². The van der Waals surface area contributed by atoms with Crippen molar-refractivity contribution in [3.63, 3.8) is 0 Å². The Morgan fingerprint density at radius 1 is 1.31 bits per heavy atom. The van der Waals surface area contributed by atoms with E-state index in [1.165, 1.54) is 0 Å². The first-order valence-corrected chi connectivity index (χ1v) is 4.80. The van der Waals surface area contributed by atoms with Gasteiger partial charge in [0.2, 0.25) is 0 Å². The number of carboxylic acids is 1. The van der Waals surface area contributed by atoms with E-state index < -0.39 is 5.97 Å². The Kier molecular flexibility index (Phi) is 5.79. The van der Waals surface area contributed by atoms with E-state index in [2.05, 4.69) is 12.6 Å². The van der Waals surface area contributed by atoms with E-state index in [0.29, 0.717) is 5.92 Å². The molecule has 0 aromatic heterocycles. The van der Waals surface area contributed by atoms with Crippen molar-refractivity contribution in [1.82, 2.24) is 0 Å². The molecule has 0 fully saturated rings. The molecule has 0 rings (SSSR count). The predicted octanol–water partition coefficient (Wildman–Crippen LogP) is 1.97. The van der Waals surface area contributed by atoms with Crippen molar-refractivity contribution in [2.75, 3.05) is 0 Å². The van der Waals surface area contributed by atoms with Crippen LogP contribution in [0.5, 0.6) is 0 Å². The van der Waals surface area contributed by atoms with Gasteiger partial charge in [-0.1, -0.05) is 13.8 Å². The first kappa shape index (κ1) is 12.5. The van der Waals surface area contributed by atoms with Crippen molar-refractivity contribution in [2.24, 2.45) is 11.8 Å². The highest BCUT2D eigenvalue weighted by atomic mass is 32.1. The lowest BCUT2D eigenvalue weighted by molar-refractivity contribution is -0.138. The monoisotopic (exact) mass is 204 g/mol. The fraction of sp³-hybridized carbons (Fsp3) is 0.778. The van der Waals surface area contributed by atoms with Crippen molar-refractivity contribution in [2.45, 2.75) is 33.1 Å². The Hall–Kier alpha value is -0.510. The molecule has 0 aromatic carbocycles. The minimum Gasteiger partial charge on any atom is -0.481 e. The Morgan fingerprint density at radius 3 is 2.15 bits per heavy atom. The molecule has 1 N–H and O–H groups in total. The molecule has 0 radical (unpaired) electrons. The number of thiol groups is 1. The van der Waals surface area contributed by atoms with Crippen LogP contribution in [0.4, 0.5) is 0 Å². The SMILES string of the molecule is CC(C)CC(CC(=O)O)CC(=O)S. The zero-order valence-electron chi connectivity index (χ0n) is 7.99. The van der Waals surface area contributed by atoms with Gasteiger partial charge in [-0.15, -0.1) is 12.6 Å². The van der Waals surface area contributed by atoms with Crippen LogP contribution in [0, 0.1) is 11.8 Å². The number of carbonyl (C=O) groups is 2. The number of carbonyl (C=O) groups excluding carboxylic acids is 1. The van der Waals surface area contributed by atoms with Gasteiger partial charge in [-0.05, 0) is 18.3 Å². The third-order valence-electron chi connectivity index (χ3n) is 1.73. The summed E-state index contributed by atoms with van der Waals surface area (Å²) < 4.78 is 0. The van der Waals surface area contributed by atoms with Gasteiger partial charge in [-0.25, -0.2) is 0 Å². The van der Waals surface area contributed by atoms with Crippen molar-refractivity contribution in [3.8, 4) is 0 Å².